The molecule has 2 aliphatic rings. The highest BCUT2D eigenvalue weighted by molar-refractivity contribution is 5.91. The first-order valence-corrected chi connectivity index (χ1v) is 5.36. The molecule has 1 aromatic carbocycles. The van der Waals surface area contributed by atoms with Gasteiger partial charge in [-0.25, -0.2) is 4.39 Å². The number of carbonyl (C=O) groups excluding carboxylic acids is 1. The Morgan fingerprint density at radius 3 is 3.06 bits per heavy atom. The minimum atomic E-state index is -0.533. The van der Waals surface area contributed by atoms with Crippen LogP contribution in [0.15, 0.2) is 30.5 Å². The van der Waals surface area contributed by atoms with Crippen molar-refractivity contribution in [2.45, 2.75) is 24.9 Å². The second-order valence-corrected chi connectivity index (χ2v) is 4.36. The average Bonchev–Trinajstić information content (AvgIpc) is 2.57. The summed E-state index contributed by atoms with van der Waals surface area (Å²) in [5.74, 6) is -0.156. The van der Waals surface area contributed by atoms with Crippen molar-refractivity contribution in [3.8, 4) is 0 Å². The summed E-state index contributed by atoms with van der Waals surface area (Å²) in [5.41, 5.74) is 1.39. The monoisotopic (exact) mass is 218 g/mol. The molecule has 1 aromatic rings. The molecular formula is C13H11FO2. The highest BCUT2D eigenvalue weighted by Gasteiger charge is 2.43. The maximum absolute atomic E-state index is 13.1. The fourth-order valence-electron chi connectivity index (χ4n) is 2.61. The van der Waals surface area contributed by atoms with Crippen LogP contribution in [0.2, 0.25) is 0 Å². The largest absolute Gasteiger partial charge is 0.490 e. The molecule has 1 aliphatic heterocycles. The highest BCUT2D eigenvalue weighted by atomic mass is 19.1. The first kappa shape index (κ1) is 9.58. The van der Waals surface area contributed by atoms with Gasteiger partial charge in [0.25, 0.3) is 0 Å². The first-order valence-electron chi connectivity index (χ1n) is 5.36. The fourth-order valence-corrected chi connectivity index (χ4v) is 2.61. The van der Waals surface area contributed by atoms with Gasteiger partial charge in [0.1, 0.15) is 11.4 Å². The van der Waals surface area contributed by atoms with Gasteiger partial charge in [-0.15, -0.1) is 0 Å². The normalized spacial score (nSPS) is 26.9. The maximum atomic E-state index is 13.1. The van der Waals surface area contributed by atoms with Crippen LogP contribution in [0.5, 0.6) is 0 Å². The van der Waals surface area contributed by atoms with Crippen molar-refractivity contribution in [2.24, 2.45) is 0 Å². The number of halogens is 1. The van der Waals surface area contributed by atoms with Gasteiger partial charge >= 0.3 is 0 Å². The van der Waals surface area contributed by atoms with Gasteiger partial charge in [-0.2, -0.15) is 0 Å². The van der Waals surface area contributed by atoms with Crippen LogP contribution >= 0.6 is 0 Å². The zero-order valence-electron chi connectivity index (χ0n) is 8.70. The first-order chi connectivity index (χ1) is 7.70. The summed E-state index contributed by atoms with van der Waals surface area (Å²) >= 11 is 0. The maximum Gasteiger partial charge on any atom is 0.163 e. The van der Waals surface area contributed by atoms with Crippen LogP contribution in [0.1, 0.15) is 24.0 Å². The lowest BCUT2D eigenvalue weighted by Gasteiger charge is -2.31. The molecule has 1 unspecified atom stereocenters. The number of carbonyl (C=O) groups is 1. The average molecular weight is 218 g/mol. The Morgan fingerprint density at radius 1 is 1.38 bits per heavy atom. The number of rotatable bonds is 0. The number of fused-ring (bicyclic) bond motifs is 2. The topological polar surface area (TPSA) is 26.3 Å². The van der Waals surface area contributed by atoms with Crippen molar-refractivity contribution in [1.29, 1.82) is 0 Å². The Hall–Kier alpha value is -1.64. The summed E-state index contributed by atoms with van der Waals surface area (Å²) in [5, 5.41) is 0. The molecule has 0 radical (unpaired) electrons. The molecule has 0 bridgehead atoms. The zero-order valence-corrected chi connectivity index (χ0v) is 8.70. The lowest BCUT2D eigenvalue weighted by Crippen LogP contribution is -2.30. The summed E-state index contributed by atoms with van der Waals surface area (Å²) in [6, 6.07) is 4.71. The third kappa shape index (κ3) is 1.28. The van der Waals surface area contributed by atoms with Gasteiger partial charge in [0.05, 0.1) is 12.7 Å². The third-order valence-electron chi connectivity index (χ3n) is 3.36. The Labute approximate surface area is 92.7 Å². The number of hydrogen-bond donors (Lipinski definition) is 0. The molecular weight excluding hydrogens is 207 g/mol. The number of allylic oxidation sites excluding steroid dienone is 1. The van der Waals surface area contributed by atoms with E-state index in [1.807, 2.05) is 0 Å². The van der Waals surface area contributed by atoms with Crippen LogP contribution in [0.25, 0.3) is 0 Å². The highest BCUT2D eigenvalue weighted by Crippen LogP contribution is 2.44. The Kier molecular flexibility index (Phi) is 1.90. The van der Waals surface area contributed by atoms with E-state index in [2.05, 4.69) is 0 Å². The van der Waals surface area contributed by atoms with Crippen molar-refractivity contribution in [1.82, 2.24) is 0 Å². The van der Waals surface area contributed by atoms with Gasteiger partial charge in [0, 0.05) is 6.08 Å². The zero-order chi connectivity index (χ0) is 11.2. The molecule has 1 heterocycles. The summed E-state index contributed by atoms with van der Waals surface area (Å²) in [6.07, 6.45) is 4.80. The van der Waals surface area contributed by atoms with E-state index in [4.69, 9.17) is 4.74 Å². The van der Waals surface area contributed by atoms with E-state index in [0.29, 0.717) is 6.42 Å². The quantitative estimate of drug-likeness (QED) is 0.668. The second kappa shape index (κ2) is 3.17. The summed E-state index contributed by atoms with van der Waals surface area (Å²) in [4.78, 5) is 11.5. The summed E-state index contributed by atoms with van der Waals surface area (Å²) < 4.78 is 18.7. The van der Waals surface area contributed by atoms with Crippen LogP contribution in [0.4, 0.5) is 4.39 Å². The third-order valence-corrected chi connectivity index (χ3v) is 3.36. The molecule has 82 valence electrons. The van der Waals surface area contributed by atoms with Gasteiger partial charge in [-0.1, -0.05) is 6.07 Å². The van der Waals surface area contributed by atoms with Crippen molar-refractivity contribution in [2.75, 3.05) is 0 Å². The van der Waals surface area contributed by atoms with Gasteiger partial charge in [0.2, 0.25) is 0 Å². The van der Waals surface area contributed by atoms with Crippen molar-refractivity contribution in [3.63, 3.8) is 0 Å². The molecule has 0 saturated carbocycles. The van der Waals surface area contributed by atoms with E-state index in [1.54, 1.807) is 6.07 Å². The van der Waals surface area contributed by atoms with Crippen molar-refractivity contribution >= 4 is 5.78 Å². The summed E-state index contributed by atoms with van der Waals surface area (Å²) in [6.45, 7) is 0. The number of hydrogen-bond acceptors (Lipinski definition) is 2. The van der Waals surface area contributed by atoms with Gasteiger partial charge in [0.15, 0.2) is 5.78 Å². The standard InChI is InChI=1S/C13H11FO2/c14-10-1-2-12-9(7-10)3-5-13(12)8-11(15)4-6-16-13/h1-2,4,6-7H,3,5,8H2. The molecule has 2 nitrogen and oxygen atoms in total. The van der Waals surface area contributed by atoms with E-state index in [1.165, 1.54) is 24.5 Å². The molecule has 3 heteroatoms. The predicted octanol–water partition coefficient (Wildman–Crippen LogP) is 2.47. The molecule has 0 amide bonds. The Bertz CT molecular complexity index is 493. The molecule has 1 aliphatic carbocycles. The smallest absolute Gasteiger partial charge is 0.163 e. The van der Waals surface area contributed by atoms with E-state index in [9.17, 15) is 9.18 Å². The molecule has 1 atom stereocenters. The minimum Gasteiger partial charge on any atom is -0.490 e. The van der Waals surface area contributed by atoms with E-state index in [-0.39, 0.29) is 11.6 Å². The molecule has 0 aromatic heterocycles. The fraction of sp³-hybridized carbons (Fsp3) is 0.308. The number of ether oxygens (including phenoxy) is 1. The lowest BCUT2D eigenvalue weighted by molar-refractivity contribution is -0.122. The molecule has 0 N–H and O–H groups in total. The van der Waals surface area contributed by atoms with Crippen LogP contribution < -0.4 is 0 Å². The van der Waals surface area contributed by atoms with Crippen LogP contribution in [0, 0.1) is 5.82 Å². The molecule has 0 fully saturated rings. The van der Waals surface area contributed by atoms with Crippen LogP contribution in [0.3, 0.4) is 0 Å². The second-order valence-electron chi connectivity index (χ2n) is 4.36. The summed E-state index contributed by atoms with van der Waals surface area (Å²) in [7, 11) is 0. The van der Waals surface area contributed by atoms with Crippen LogP contribution in [-0.2, 0) is 21.6 Å². The van der Waals surface area contributed by atoms with Gasteiger partial charge in [-0.05, 0) is 36.1 Å². The van der Waals surface area contributed by atoms with Crippen molar-refractivity contribution < 1.29 is 13.9 Å². The van der Waals surface area contributed by atoms with E-state index in [0.717, 1.165) is 24.0 Å². The molecule has 1 spiro atoms. The minimum absolute atomic E-state index is 0.0726. The van der Waals surface area contributed by atoms with E-state index >= 15 is 0 Å². The van der Waals surface area contributed by atoms with Crippen LogP contribution in [-0.4, -0.2) is 5.78 Å². The lowest BCUT2D eigenvalue weighted by atomic mass is 9.89. The van der Waals surface area contributed by atoms with E-state index < -0.39 is 5.60 Å². The van der Waals surface area contributed by atoms with Gasteiger partial charge < -0.3 is 4.74 Å². The molecule has 3 rings (SSSR count). The molecule has 0 saturated heterocycles. The predicted molar refractivity (Wildman–Crippen MR) is 56.2 cm³/mol. The Balaban J connectivity index is 2.08. The Morgan fingerprint density at radius 2 is 2.25 bits per heavy atom. The van der Waals surface area contributed by atoms with Gasteiger partial charge in [-0.3, -0.25) is 4.79 Å². The number of ketones is 1. The molecule has 16 heavy (non-hydrogen) atoms. The number of aryl methyl sites for hydroxylation is 1. The number of benzene rings is 1. The van der Waals surface area contributed by atoms with Crippen molar-refractivity contribution in [3.05, 3.63) is 47.5 Å². The SMILES string of the molecule is O=C1C=COC2(CCc3cc(F)ccc32)C1.